The van der Waals surface area contributed by atoms with E-state index in [1.54, 1.807) is 24.3 Å². The predicted octanol–water partition coefficient (Wildman–Crippen LogP) is 1.21. The monoisotopic (exact) mass is 514 g/mol. The molecule has 2 amide bonds. The number of halogens is 3. The summed E-state index contributed by atoms with van der Waals surface area (Å²) in [5, 5.41) is 14.9. The molecule has 196 valence electrons. The highest BCUT2D eigenvalue weighted by Crippen LogP contribution is 2.23. The molecule has 3 N–H and O–H groups in total. The lowest BCUT2D eigenvalue weighted by atomic mass is 10.2. The van der Waals surface area contributed by atoms with Crippen LogP contribution < -0.4 is 10.6 Å². The molecule has 1 aromatic carbocycles. The topological polar surface area (TPSA) is 145 Å². The van der Waals surface area contributed by atoms with Gasteiger partial charge in [-0.15, -0.1) is 0 Å². The molecule has 0 saturated carbocycles. The third-order valence-corrected chi connectivity index (χ3v) is 5.90. The Morgan fingerprint density at radius 3 is 1.75 bits per heavy atom. The summed E-state index contributed by atoms with van der Waals surface area (Å²) >= 11 is 0. The molecule has 0 aliphatic carbocycles. The normalized spacial score (nSPS) is 19.6. The molecule has 2 aliphatic heterocycles. The minimum atomic E-state index is -5.31. The van der Waals surface area contributed by atoms with Crippen molar-refractivity contribution in [1.82, 2.24) is 9.80 Å². The van der Waals surface area contributed by atoms with Crippen molar-refractivity contribution in [2.45, 2.75) is 43.9 Å². The van der Waals surface area contributed by atoms with Crippen LogP contribution in [-0.2, 0) is 28.7 Å². The molecule has 2 aliphatic rings. The Bertz CT molecular complexity index is 1020. The second-order valence-electron chi connectivity index (χ2n) is 8.32. The summed E-state index contributed by atoms with van der Waals surface area (Å²) in [4.78, 5) is 61.3. The number of benzene rings is 1. The second kappa shape index (κ2) is 11.3. The van der Waals surface area contributed by atoms with Crippen LogP contribution in [0.15, 0.2) is 24.3 Å². The summed E-state index contributed by atoms with van der Waals surface area (Å²) in [5.41, 5.74) is 1.11. The molecule has 0 aromatic heterocycles. The van der Waals surface area contributed by atoms with E-state index < -0.39 is 42.1 Å². The first-order valence-corrected chi connectivity index (χ1v) is 11.2. The lowest BCUT2D eigenvalue weighted by molar-refractivity contribution is -0.203. The molecule has 1 aromatic rings. The van der Waals surface area contributed by atoms with Crippen LogP contribution in [0, 0.1) is 0 Å². The fraction of sp³-hybridized carbons (Fsp3) is 0.500. The molecule has 0 radical (unpaired) electrons. The first kappa shape index (κ1) is 26.8. The number of aliphatic carboxylic acids is 1. The average Bonchev–Trinajstić information content (AvgIpc) is 3.51. The number of carboxylic acids is 1. The van der Waals surface area contributed by atoms with Crippen LogP contribution in [0.4, 0.5) is 24.5 Å². The molecular formula is C22H25F3N4O7. The molecule has 0 bridgehead atoms. The van der Waals surface area contributed by atoms with E-state index in [-0.39, 0.29) is 32.0 Å². The Balaban J connectivity index is 1.47. The van der Waals surface area contributed by atoms with Crippen molar-refractivity contribution in [2.24, 2.45) is 0 Å². The Morgan fingerprint density at radius 2 is 1.31 bits per heavy atom. The minimum absolute atomic E-state index is 0.0828. The van der Waals surface area contributed by atoms with Crippen molar-refractivity contribution in [1.29, 1.82) is 0 Å². The quantitative estimate of drug-likeness (QED) is 0.344. The number of nitrogens with one attached hydrogen (secondary N) is 2. The van der Waals surface area contributed by atoms with Crippen molar-refractivity contribution in [3.05, 3.63) is 24.3 Å². The van der Waals surface area contributed by atoms with Gasteiger partial charge in [-0.05, 0) is 49.9 Å². The van der Waals surface area contributed by atoms with E-state index in [1.165, 1.54) is 4.90 Å². The molecule has 0 unspecified atom stereocenters. The number of carbonyl (C=O) groups is 5. The van der Waals surface area contributed by atoms with Crippen LogP contribution in [0.1, 0.15) is 25.7 Å². The minimum Gasteiger partial charge on any atom is -0.480 e. The zero-order valence-corrected chi connectivity index (χ0v) is 19.0. The molecule has 11 nitrogen and oxygen atoms in total. The molecule has 0 spiro atoms. The van der Waals surface area contributed by atoms with Gasteiger partial charge < -0.3 is 30.3 Å². The first-order valence-electron chi connectivity index (χ1n) is 11.2. The van der Waals surface area contributed by atoms with Gasteiger partial charge in [0, 0.05) is 24.5 Å². The van der Waals surface area contributed by atoms with Gasteiger partial charge in [0.05, 0.1) is 13.1 Å². The van der Waals surface area contributed by atoms with Gasteiger partial charge in [-0.25, -0.2) is 14.4 Å². The van der Waals surface area contributed by atoms with Crippen LogP contribution in [0.3, 0.4) is 0 Å². The number of rotatable bonds is 8. The maximum atomic E-state index is 12.5. The third kappa shape index (κ3) is 6.64. The maximum absolute atomic E-state index is 12.5. The lowest BCUT2D eigenvalue weighted by Gasteiger charge is -2.23. The number of hydrogen-bond donors (Lipinski definition) is 3. The number of carboxylic acid groups (broad SMARTS) is 1. The van der Waals surface area contributed by atoms with Crippen LogP contribution in [-0.4, -0.2) is 89.1 Å². The summed E-state index contributed by atoms with van der Waals surface area (Å²) in [6.07, 6.45) is -3.80. The van der Waals surface area contributed by atoms with E-state index in [9.17, 15) is 42.3 Å². The van der Waals surface area contributed by atoms with E-state index in [2.05, 4.69) is 15.4 Å². The SMILES string of the molecule is O=C(O)[C@H]1CCCN1C(=O)CNc1ccc(NCC(=O)N2CCC[C@@H]2C(=O)OC(=O)C(F)(F)F)cc1. The zero-order valence-electron chi connectivity index (χ0n) is 19.0. The van der Waals surface area contributed by atoms with E-state index in [1.807, 2.05) is 0 Å². The number of carbonyl (C=O) groups excluding carboxylic acids is 4. The highest BCUT2D eigenvalue weighted by Gasteiger charge is 2.45. The molecule has 14 heteroatoms. The number of likely N-dealkylation sites (tertiary alicyclic amines) is 2. The predicted molar refractivity (Wildman–Crippen MR) is 118 cm³/mol. The van der Waals surface area contributed by atoms with Crippen molar-refractivity contribution in [3.63, 3.8) is 0 Å². The molecule has 2 heterocycles. The molecule has 2 fully saturated rings. The summed E-state index contributed by atoms with van der Waals surface area (Å²) in [6, 6.07) is 4.42. The van der Waals surface area contributed by atoms with E-state index in [0.717, 1.165) is 4.90 Å². The summed E-state index contributed by atoms with van der Waals surface area (Å²) in [7, 11) is 0. The first-order chi connectivity index (χ1) is 17.0. The number of hydrogen-bond acceptors (Lipinski definition) is 8. The van der Waals surface area contributed by atoms with Crippen LogP contribution in [0.2, 0.25) is 0 Å². The molecule has 2 saturated heterocycles. The van der Waals surface area contributed by atoms with Crippen molar-refractivity contribution < 1.29 is 47.0 Å². The number of anilines is 2. The summed E-state index contributed by atoms with van der Waals surface area (Å²) in [6.45, 7) is 0.186. The highest BCUT2D eigenvalue weighted by molar-refractivity contribution is 5.94. The third-order valence-electron chi connectivity index (χ3n) is 5.90. The Labute approximate surface area is 203 Å². The van der Waals surface area contributed by atoms with Crippen molar-refractivity contribution in [2.75, 3.05) is 36.8 Å². The molecule has 2 atom stereocenters. The van der Waals surface area contributed by atoms with E-state index in [4.69, 9.17) is 0 Å². The van der Waals surface area contributed by atoms with Gasteiger partial charge in [-0.2, -0.15) is 13.2 Å². The molecule has 36 heavy (non-hydrogen) atoms. The Kier molecular flexibility index (Phi) is 8.37. The fourth-order valence-electron chi connectivity index (χ4n) is 4.11. The van der Waals surface area contributed by atoms with E-state index in [0.29, 0.717) is 37.2 Å². The Morgan fingerprint density at radius 1 is 0.861 bits per heavy atom. The number of ether oxygens (including phenoxy) is 1. The summed E-state index contributed by atoms with van der Waals surface area (Å²) in [5.74, 6) is -5.96. The number of esters is 2. The molecular weight excluding hydrogens is 489 g/mol. The fourth-order valence-corrected chi connectivity index (χ4v) is 4.11. The molecule has 3 rings (SSSR count). The number of alkyl halides is 3. The van der Waals surface area contributed by atoms with Crippen LogP contribution in [0.25, 0.3) is 0 Å². The summed E-state index contributed by atoms with van der Waals surface area (Å²) < 4.78 is 40.9. The van der Waals surface area contributed by atoms with Gasteiger partial charge in [0.2, 0.25) is 11.8 Å². The lowest BCUT2D eigenvalue weighted by Crippen LogP contribution is -2.45. The number of amides is 2. The second-order valence-corrected chi connectivity index (χ2v) is 8.32. The van der Waals surface area contributed by atoms with Gasteiger partial charge in [-0.1, -0.05) is 0 Å². The van der Waals surface area contributed by atoms with Gasteiger partial charge >= 0.3 is 24.1 Å². The maximum Gasteiger partial charge on any atom is 0.491 e. The van der Waals surface area contributed by atoms with E-state index >= 15 is 0 Å². The van der Waals surface area contributed by atoms with Crippen molar-refractivity contribution >= 4 is 41.1 Å². The smallest absolute Gasteiger partial charge is 0.480 e. The highest BCUT2D eigenvalue weighted by atomic mass is 19.4. The number of nitrogens with zero attached hydrogens (tertiary/aromatic N) is 2. The Hall–Kier alpha value is -3.84. The van der Waals surface area contributed by atoms with Gasteiger partial charge in [0.15, 0.2) is 0 Å². The van der Waals surface area contributed by atoms with Gasteiger partial charge in [0.1, 0.15) is 12.1 Å². The van der Waals surface area contributed by atoms with Gasteiger partial charge in [-0.3, -0.25) is 9.59 Å². The van der Waals surface area contributed by atoms with Crippen LogP contribution in [0.5, 0.6) is 0 Å². The van der Waals surface area contributed by atoms with Crippen LogP contribution >= 0.6 is 0 Å². The van der Waals surface area contributed by atoms with Crippen molar-refractivity contribution in [3.8, 4) is 0 Å². The standard InChI is InChI=1S/C22H25F3N4O7/c23-22(24,25)21(35)36-20(34)16-4-2-10-29(16)18(31)12-27-14-7-5-13(6-8-14)26-11-17(30)28-9-1-3-15(28)19(32)33/h5-8,15-16,26-27H,1-4,9-12H2,(H,32,33)/t15-,16-/m1/s1. The zero-order chi connectivity index (χ0) is 26.5. The average molecular weight is 514 g/mol. The largest absolute Gasteiger partial charge is 0.491 e. The van der Waals surface area contributed by atoms with Gasteiger partial charge in [0.25, 0.3) is 0 Å².